The maximum atomic E-state index is 9.08. The lowest BCUT2D eigenvalue weighted by atomic mass is 10.1. The molecule has 0 saturated heterocycles. The number of aliphatic hydroxyl groups is 1. The molecule has 2 aromatic rings. The van der Waals surface area contributed by atoms with Crippen molar-refractivity contribution in [2.24, 2.45) is 0 Å². The lowest BCUT2D eigenvalue weighted by Crippen LogP contribution is -2.32. The average Bonchev–Trinajstić information content (AvgIpc) is 2.80. The van der Waals surface area contributed by atoms with Crippen molar-refractivity contribution in [3.63, 3.8) is 0 Å². The van der Waals surface area contributed by atoms with Crippen LogP contribution in [0, 0.1) is 13.8 Å². The number of rotatable bonds is 6. The Morgan fingerprint density at radius 3 is 2.80 bits per heavy atom. The van der Waals surface area contributed by atoms with Gasteiger partial charge in [0.2, 0.25) is 0 Å². The minimum absolute atomic E-state index is 0.188. The van der Waals surface area contributed by atoms with E-state index in [4.69, 9.17) is 5.11 Å². The van der Waals surface area contributed by atoms with E-state index < -0.39 is 0 Å². The Bertz CT molecular complexity index is 579. The van der Waals surface area contributed by atoms with E-state index in [9.17, 15) is 0 Å². The first-order valence-electron chi connectivity index (χ1n) is 7.25. The van der Waals surface area contributed by atoms with Crippen molar-refractivity contribution in [3.05, 3.63) is 29.2 Å². The molecule has 5 nitrogen and oxygen atoms in total. The molecular weight excluding hydrogens is 252 g/mol. The Kier molecular flexibility index (Phi) is 4.73. The van der Waals surface area contributed by atoms with Crippen molar-refractivity contribution in [2.75, 3.05) is 6.61 Å². The van der Waals surface area contributed by atoms with Crippen LogP contribution in [0.15, 0.2) is 12.3 Å². The van der Waals surface area contributed by atoms with Crippen LogP contribution in [0.25, 0.3) is 5.65 Å². The summed E-state index contributed by atoms with van der Waals surface area (Å²) in [6.07, 6.45) is 3.70. The van der Waals surface area contributed by atoms with E-state index in [1.54, 1.807) is 0 Å². The molecule has 5 heteroatoms. The standard InChI is InChI=1S/C15H24N4O/c1-5-13(6-7-20)17-11(3)14-9-16-15-8-10(2)18-19(15)12(14)4/h8-9,11,13,17,20H,5-7H2,1-4H3. The highest BCUT2D eigenvalue weighted by atomic mass is 16.3. The largest absolute Gasteiger partial charge is 0.396 e. The Balaban J connectivity index is 2.25. The van der Waals surface area contributed by atoms with Gasteiger partial charge < -0.3 is 10.4 Å². The highest BCUT2D eigenvalue weighted by molar-refractivity contribution is 5.42. The quantitative estimate of drug-likeness (QED) is 0.848. The van der Waals surface area contributed by atoms with Crippen LogP contribution in [0.4, 0.5) is 0 Å². The zero-order chi connectivity index (χ0) is 14.7. The molecule has 2 heterocycles. The third-order valence-electron chi connectivity index (χ3n) is 3.81. The fourth-order valence-electron chi connectivity index (χ4n) is 2.61. The number of aromatic nitrogens is 3. The fourth-order valence-corrected chi connectivity index (χ4v) is 2.61. The number of aryl methyl sites for hydroxylation is 2. The molecular formula is C15H24N4O. The van der Waals surface area contributed by atoms with Gasteiger partial charge in [0, 0.05) is 42.2 Å². The SMILES string of the molecule is CCC(CCO)NC(C)c1cnc2cc(C)nn2c1C. The Morgan fingerprint density at radius 2 is 2.15 bits per heavy atom. The molecule has 0 aliphatic heterocycles. The minimum atomic E-state index is 0.188. The first-order valence-corrected chi connectivity index (χ1v) is 7.25. The van der Waals surface area contributed by atoms with E-state index in [1.165, 1.54) is 0 Å². The third kappa shape index (κ3) is 2.99. The molecule has 2 unspecified atom stereocenters. The summed E-state index contributed by atoms with van der Waals surface area (Å²) in [4.78, 5) is 4.47. The smallest absolute Gasteiger partial charge is 0.155 e. The fraction of sp³-hybridized carbons (Fsp3) is 0.600. The summed E-state index contributed by atoms with van der Waals surface area (Å²) < 4.78 is 1.90. The second kappa shape index (κ2) is 6.33. The van der Waals surface area contributed by atoms with Crippen LogP contribution in [-0.2, 0) is 0 Å². The molecule has 110 valence electrons. The Morgan fingerprint density at radius 1 is 1.40 bits per heavy atom. The summed E-state index contributed by atoms with van der Waals surface area (Å²) in [6, 6.07) is 2.49. The third-order valence-corrected chi connectivity index (χ3v) is 3.81. The van der Waals surface area contributed by atoms with Gasteiger partial charge in [-0.3, -0.25) is 0 Å². The molecule has 0 saturated carbocycles. The predicted octanol–water partition coefficient (Wildman–Crippen LogP) is 2.16. The van der Waals surface area contributed by atoms with E-state index in [1.807, 2.05) is 23.7 Å². The zero-order valence-electron chi connectivity index (χ0n) is 12.7. The maximum absolute atomic E-state index is 9.08. The van der Waals surface area contributed by atoms with E-state index in [2.05, 4.69) is 36.2 Å². The van der Waals surface area contributed by atoms with Crippen LogP contribution in [-0.4, -0.2) is 32.4 Å². The topological polar surface area (TPSA) is 62.5 Å². The van der Waals surface area contributed by atoms with Crippen molar-refractivity contribution in [3.8, 4) is 0 Å². The summed E-state index contributed by atoms with van der Waals surface area (Å²) in [5, 5.41) is 17.1. The first kappa shape index (κ1) is 14.9. The molecule has 0 aromatic carbocycles. The first-order chi connectivity index (χ1) is 9.56. The zero-order valence-corrected chi connectivity index (χ0v) is 12.7. The van der Waals surface area contributed by atoms with Crippen molar-refractivity contribution < 1.29 is 5.11 Å². The van der Waals surface area contributed by atoms with Crippen molar-refractivity contribution in [1.82, 2.24) is 19.9 Å². The molecule has 0 amide bonds. The summed E-state index contributed by atoms with van der Waals surface area (Å²) >= 11 is 0. The molecule has 0 aliphatic rings. The van der Waals surface area contributed by atoms with Gasteiger partial charge in [-0.25, -0.2) is 9.50 Å². The van der Waals surface area contributed by atoms with Crippen LogP contribution in [0.1, 0.15) is 49.7 Å². The van der Waals surface area contributed by atoms with Crippen LogP contribution in [0.5, 0.6) is 0 Å². The average molecular weight is 276 g/mol. The van der Waals surface area contributed by atoms with Crippen LogP contribution < -0.4 is 5.32 Å². The molecule has 2 atom stereocenters. The number of nitrogens with zero attached hydrogens (tertiary/aromatic N) is 3. The number of hydrogen-bond donors (Lipinski definition) is 2. The van der Waals surface area contributed by atoms with Gasteiger partial charge in [-0.2, -0.15) is 5.10 Å². The van der Waals surface area contributed by atoms with Gasteiger partial charge in [-0.15, -0.1) is 0 Å². The summed E-state index contributed by atoms with van der Waals surface area (Å²) in [5.74, 6) is 0. The van der Waals surface area contributed by atoms with E-state index in [0.29, 0.717) is 6.04 Å². The number of fused-ring (bicyclic) bond motifs is 1. The molecule has 20 heavy (non-hydrogen) atoms. The van der Waals surface area contributed by atoms with Crippen LogP contribution in [0.2, 0.25) is 0 Å². The van der Waals surface area contributed by atoms with Crippen molar-refractivity contribution >= 4 is 5.65 Å². The van der Waals surface area contributed by atoms with Gasteiger partial charge in [-0.1, -0.05) is 6.92 Å². The normalized spacial score (nSPS) is 14.7. The van der Waals surface area contributed by atoms with E-state index in [-0.39, 0.29) is 12.6 Å². The lowest BCUT2D eigenvalue weighted by molar-refractivity contribution is 0.257. The number of nitrogens with one attached hydrogen (secondary N) is 1. The summed E-state index contributed by atoms with van der Waals surface area (Å²) in [6.45, 7) is 8.52. The molecule has 0 bridgehead atoms. The summed E-state index contributed by atoms with van der Waals surface area (Å²) in [7, 11) is 0. The number of aliphatic hydroxyl groups excluding tert-OH is 1. The molecule has 2 aromatic heterocycles. The van der Waals surface area contributed by atoms with Gasteiger partial charge in [0.15, 0.2) is 5.65 Å². The highest BCUT2D eigenvalue weighted by Crippen LogP contribution is 2.19. The van der Waals surface area contributed by atoms with Gasteiger partial charge >= 0.3 is 0 Å². The van der Waals surface area contributed by atoms with Gasteiger partial charge in [0.1, 0.15) is 0 Å². The second-order valence-electron chi connectivity index (χ2n) is 5.36. The lowest BCUT2D eigenvalue weighted by Gasteiger charge is -2.23. The Hall–Kier alpha value is -1.46. The van der Waals surface area contributed by atoms with Gasteiger partial charge in [0.05, 0.1) is 5.69 Å². The molecule has 0 radical (unpaired) electrons. The second-order valence-corrected chi connectivity index (χ2v) is 5.36. The summed E-state index contributed by atoms with van der Waals surface area (Å²) in [5.41, 5.74) is 4.13. The predicted molar refractivity (Wildman–Crippen MR) is 79.8 cm³/mol. The minimum Gasteiger partial charge on any atom is -0.396 e. The monoisotopic (exact) mass is 276 g/mol. The van der Waals surface area contributed by atoms with Gasteiger partial charge in [0.25, 0.3) is 0 Å². The molecule has 2 rings (SSSR count). The molecule has 0 aliphatic carbocycles. The Labute approximate surface area is 120 Å². The molecule has 2 N–H and O–H groups in total. The van der Waals surface area contributed by atoms with Crippen LogP contribution >= 0.6 is 0 Å². The van der Waals surface area contributed by atoms with Crippen molar-refractivity contribution in [2.45, 2.75) is 52.6 Å². The maximum Gasteiger partial charge on any atom is 0.155 e. The highest BCUT2D eigenvalue weighted by Gasteiger charge is 2.16. The van der Waals surface area contributed by atoms with Crippen molar-refractivity contribution in [1.29, 1.82) is 0 Å². The van der Waals surface area contributed by atoms with E-state index in [0.717, 1.165) is 35.4 Å². The molecule has 0 fully saturated rings. The molecule has 0 spiro atoms. The number of hydrogen-bond acceptors (Lipinski definition) is 4. The van der Waals surface area contributed by atoms with Crippen LogP contribution in [0.3, 0.4) is 0 Å². The van der Waals surface area contributed by atoms with E-state index >= 15 is 0 Å². The van der Waals surface area contributed by atoms with Gasteiger partial charge in [-0.05, 0) is 33.6 Å².